The molecule has 2 N–H and O–H groups in total. The summed E-state index contributed by atoms with van der Waals surface area (Å²) in [5.74, 6) is -0.441. The van der Waals surface area contributed by atoms with Crippen LogP contribution in [-0.2, 0) is 4.79 Å². The molecule has 0 unspecified atom stereocenters. The van der Waals surface area contributed by atoms with E-state index in [1.807, 2.05) is 32.2 Å². The minimum Gasteiger partial charge on any atom is -0.326 e. The van der Waals surface area contributed by atoms with E-state index < -0.39 is 0 Å². The van der Waals surface area contributed by atoms with Gasteiger partial charge in [-0.05, 0) is 48.2 Å². The summed E-state index contributed by atoms with van der Waals surface area (Å²) in [5.41, 5.74) is 4.76. The van der Waals surface area contributed by atoms with Crippen molar-refractivity contribution in [3.63, 3.8) is 0 Å². The Kier molecular flexibility index (Phi) is 5.65. The highest BCUT2D eigenvalue weighted by Gasteiger charge is 2.08. The van der Waals surface area contributed by atoms with E-state index in [-0.39, 0.29) is 17.7 Å². The standard InChI is InChI=1S/C17H19N3O2S/c1-11(2)16(21)19-14-6-4-13(5-7-14)17(22)20-18-10-15-12(3)8-9-23-15/h4-11H,1-3H3,(H,19,21)(H,20,22)/b18-10+. The molecular formula is C17H19N3O2S. The Morgan fingerprint density at radius 3 is 2.43 bits per heavy atom. The number of carbonyl (C=O) groups is 2. The minimum atomic E-state index is -0.294. The zero-order valence-corrected chi connectivity index (χ0v) is 14.1. The van der Waals surface area contributed by atoms with Crippen molar-refractivity contribution >= 4 is 35.1 Å². The van der Waals surface area contributed by atoms with E-state index in [4.69, 9.17) is 0 Å². The number of nitrogens with zero attached hydrogens (tertiary/aromatic N) is 1. The second-order valence-electron chi connectivity index (χ2n) is 5.39. The van der Waals surface area contributed by atoms with Gasteiger partial charge in [0, 0.05) is 22.0 Å². The maximum Gasteiger partial charge on any atom is 0.271 e. The number of hydrogen-bond acceptors (Lipinski definition) is 4. The summed E-state index contributed by atoms with van der Waals surface area (Å²) in [6.45, 7) is 5.64. The first-order chi connectivity index (χ1) is 11.0. The fraction of sp³-hybridized carbons (Fsp3) is 0.235. The Morgan fingerprint density at radius 2 is 1.87 bits per heavy atom. The molecule has 0 saturated carbocycles. The van der Waals surface area contributed by atoms with Crippen molar-refractivity contribution in [1.82, 2.24) is 5.43 Å². The summed E-state index contributed by atoms with van der Waals surface area (Å²) in [6, 6.07) is 8.69. The van der Waals surface area contributed by atoms with E-state index in [2.05, 4.69) is 15.8 Å². The van der Waals surface area contributed by atoms with Crippen LogP contribution in [0.5, 0.6) is 0 Å². The van der Waals surface area contributed by atoms with Crippen LogP contribution in [0, 0.1) is 12.8 Å². The lowest BCUT2D eigenvalue weighted by molar-refractivity contribution is -0.118. The summed E-state index contributed by atoms with van der Waals surface area (Å²) in [4.78, 5) is 24.6. The number of anilines is 1. The maximum absolute atomic E-state index is 12.0. The fourth-order valence-corrected chi connectivity index (χ4v) is 2.51. The van der Waals surface area contributed by atoms with E-state index in [0.717, 1.165) is 10.4 Å². The lowest BCUT2D eigenvalue weighted by atomic mass is 10.1. The molecule has 0 saturated heterocycles. The van der Waals surface area contributed by atoms with E-state index >= 15 is 0 Å². The lowest BCUT2D eigenvalue weighted by Crippen LogP contribution is -2.19. The number of hydrogen-bond donors (Lipinski definition) is 2. The molecule has 0 aliphatic heterocycles. The predicted molar refractivity (Wildman–Crippen MR) is 94.0 cm³/mol. The maximum atomic E-state index is 12.0. The van der Waals surface area contributed by atoms with E-state index in [1.54, 1.807) is 41.8 Å². The molecule has 2 amide bonds. The Bertz CT molecular complexity index is 718. The van der Waals surface area contributed by atoms with Crippen LogP contribution in [0.2, 0.25) is 0 Å². The molecule has 1 heterocycles. The second-order valence-corrected chi connectivity index (χ2v) is 6.34. The third-order valence-corrected chi connectivity index (χ3v) is 4.14. The molecule has 5 nitrogen and oxygen atoms in total. The molecule has 0 bridgehead atoms. The van der Waals surface area contributed by atoms with Crippen LogP contribution in [0.15, 0.2) is 40.8 Å². The molecule has 1 aromatic heterocycles. The summed E-state index contributed by atoms with van der Waals surface area (Å²) in [6.07, 6.45) is 1.63. The number of hydrazone groups is 1. The van der Waals surface area contributed by atoms with Gasteiger partial charge in [0.2, 0.25) is 5.91 Å². The van der Waals surface area contributed by atoms with Gasteiger partial charge in [0.1, 0.15) is 0 Å². The predicted octanol–water partition coefficient (Wildman–Crippen LogP) is 3.41. The van der Waals surface area contributed by atoms with Gasteiger partial charge in [-0.3, -0.25) is 9.59 Å². The van der Waals surface area contributed by atoms with E-state index in [1.165, 1.54) is 0 Å². The first-order valence-electron chi connectivity index (χ1n) is 7.26. The normalized spacial score (nSPS) is 11.0. The zero-order chi connectivity index (χ0) is 16.8. The monoisotopic (exact) mass is 329 g/mol. The summed E-state index contributed by atoms with van der Waals surface area (Å²) < 4.78 is 0. The van der Waals surface area contributed by atoms with Gasteiger partial charge in [-0.15, -0.1) is 11.3 Å². The fourth-order valence-electron chi connectivity index (χ4n) is 1.72. The van der Waals surface area contributed by atoms with Gasteiger partial charge in [0.25, 0.3) is 5.91 Å². The third kappa shape index (κ3) is 4.75. The SMILES string of the molecule is Cc1ccsc1/C=N/NC(=O)c1ccc(NC(=O)C(C)C)cc1. The summed E-state index contributed by atoms with van der Waals surface area (Å²) in [7, 11) is 0. The molecule has 0 aliphatic rings. The van der Waals surface area contributed by atoms with Crippen molar-refractivity contribution < 1.29 is 9.59 Å². The van der Waals surface area contributed by atoms with Crippen LogP contribution in [0.3, 0.4) is 0 Å². The van der Waals surface area contributed by atoms with E-state index in [9.17, 15) is 9.59 Å². The third-order valence-electron chi connectivity index (χ3n) is 3.19. The van der Waals surface area contributed by atoms with Crippen LogP contribution in [-0.4, -0.2) is 18.0 Å². The van der Waals surface area contributed by atoms with Gasteiger partial charge >= 0.3 is 0 Å². The number of nitrogens with one attached hydrogen (secondary N) is 2. The molecule has 0 radical (unpaired) electrons. The van der Waals surface area contributed by atoms with Crippen molar-refractivity contribution in [3.05, 3.63) is 51.7 Å². The van der Waals surface area contributed by atoms with Crippen LogP contribution in [0.4, 0.5) is 5.69 Å². The molecule has 0 atom stereocenters. The van der Waals surface area contributed by atoms with Crippen molar-refractivity contribution in [3.8, 4) is 0 Å². The number of benzene rings is 1. The Hall–Kier alpha value is -2.47. The molecule has 0 spiro atoms. The first-order valence-corrected chi connectivity index (χ1v) is 8.13. The largest absolute Gasteiger partial charge is 0.326 e. The summed E-state index contributed by atoms with van der Waals surface area (Å²) >= 11 is 1.57. The van der Waals surface area contributed by atoms with E-state index in [0.29, 0.717) is 11.3 Å². The van der Waals surface area contributed by atoms with Gasteiger partial charge in [-0.2, -0.15) is 5.10 Å². The molecular weight excluding hydrogens is 310 g/mol. The molecule has 2 rings (SSSR count). The average Bonchev–Trinajstić information content (AvgIpc) is 2.93. The Balaban J connectivity index is 1.94. The number of thiophene rings is 1. The highest BCUT2D eigenvalue weighted by atomic mass is 32.1. The first kappa shape index (κ1) is 16.9. The van der Waals surface area contributed by atoms with Gasteiger partial charge in [-0.1, -0.05) is 13.8 Å². The summed E-state index contributed by atoms with van der Waals surface area (Å²) in [5, 5.41) is 8.71. The number of rotatable bonds is 5. The average molecular weight is 329 g/mol. The second kappa shape index (κ2) is 7.69. The molecule has 0 aliphatic carbocycles. The topological polar surface area (TPSA) is 70.6 Å². The molecule has 120 valence electrons. The molecule has 2 aromatic rings. The van der Waals surface area contributed by atoms with Crippen molar-refractivity contribution in [1.29, 1.82) is 0 Å². The molecule has 23 heavy (non-hydrogen) atoms. The zero-order valence-electron chi connectivity index (χ0n) is 13.3. The molecule has 0 fully saturated rings. The van der Waals surface area contributed by atoms with Crippen LogP contribution < -0.4 is 10.7 Å². The number of amides is 2. The molecule has 1 aromatic carbocycles. The van der Waals surface area contributed by atoms with Crippen LogP contribution in [0.1, 0.15) is 34.6 Å². The van der Waals surface area contributed by atoms with Gasteiger partial charge in [-0.25, -0.2) is 5.43 Å². The van der Waals surface area contributed by atoms with Crippen molar-refractivity contribution in [2.45, 2.75) is 20.8 Å². The van der Waals surface area contributed by atoms with Crippen molar-refractivity contribution in [2.24, 2.45) is 11.0 Å². The Labute approximate surface area is 139 Å². The minimum absolute atomic E-state index is 0.0573. The van der Waals surface area contributed by atoms with Gasteiger partial charge < -0.3 is 5.32 Å². The molecule has 6 heteroatoms. The van der Waals surface area contributed by atoms with Gasteiger partial charge in [0.15, 0.2) is 0 Å². The van der Waals surface area contributed by atoms with Gasteiger partial charge in [0.05, 0.1) is 6.21 Å². The Morgan fingerprint density at radius 1 is 1.17 bits per heavy atom. The van der Waals surface area contributed by atoms with Crippen LogP contribution in [0.25, 0.3) is 0 Å². The number of aryl methyl sites for hydroxylation is 1. The lowest BCUT2D eigenvalue weighted by Gasteiger charge is -2.08. The highest BCUT2D eigenvalue weighted by molar-refractivity contribution is 7.11. The van der Waals surface area contributed by atoms with Crippen LogP contribution >= 0.6 is 11.3 Å². The highest BCUT2D eigenvalue weighted by Crippen LogP contribution is 2.13. The quantitative estimate of drug-likeness (QED) is 0.652. The van der Waals surface area contributed by atoms with Crippen molar-refractivity contribution in [2.75, 3.05) is 5.32 Å². The number of carbonyl (C=O) groups excluding carboxylic acids is 2. The smallest absolute Gasteiger partial charge is 0.271 e.